The molecule has 8 heteroatoms. The predicted molar refractivity (Wildman–Crippen MR) is 98.9 cm³/mol. The lowest BCUT2D eigenvalue weighted by atomic mass is 10.2. The monoisotopic (exact) mass is 443 g/mol. The third kappa shape index (κ3) is 6.47. The Balaban J connectivity index is 0.00000441. The standard InChI is InChI=1S/C14H22FN3O2S.HI/c1-14(2,21(4,19)20)10-18-13(16-3)17-9-11-5-7-12(15)8-6-11;/h5-8H,9-10H2,1-4H3,(H2,16,17,18);1H. The highest BCUT2D eigenvalue weighted by Crippen LogP contribution is 2.13. The van der Waals surface area contributed by atoms with Crippen LogP contribution >= 0.6 is 24.0 Å². The summed E-state index contributed by atoms with van der Waals surface area (Å²) in [6.07, 6.45) is 1.21. The molecule has 1 aromatic rings. The van der Waals surface area contributed by atoms with Crippen LogP contribution in [0.2, 0.25) is 0 Å². The fourth-order valence-corrected chi connectivity index (χ4v) is 1.77. The van der Waals surface area contributed by atoms with E-state index in [0.717, 1.165) is 5.56 Å². The molecule has 0 saturated carbocycles. The first-order chi connectivity index (χ1) is 9.65. The van der Waals surface area contributed by atoms with Crippen LogP contribution in [0.3, 0.4) is 0 Å². The van der Waals surface area contributed by atoms with E-state index in [1.54, 1.807) is 33.0 Å². The van der Waals surface area contributed by atoms with Gasteiger partial charge in [0, 0.05) is 26.4 Å². The van der Waals surface area contributed by atoms with Gasteiger partial charge in [-0.1, -0.05) is 12.1 Å². The highest BCUT2D eigenvalue weighted by atomic mass is 127. The van der Waals surface area contributed by atoms with Gasteiger partial charge in [-0.25, -0.2) is 12.8 Å². The van der Waals surface area contributed by atoms with Gasteiger partial charge in [0.2, 0.25) is 0 Å². The summed E-state index contributed by atoms with van der Waals surface area (Å²) in [4.78, 5) is 4.03. The Morgan fingerprint density at radius 1 is 1.23 bits per heavy atom. The zero-order valence-electron chi connectivity index (χ0n) is 13.2. The number of benzene rings is 1. The number of nitrogens with zero attached hydrogens (tertiary/aromatic N) is 1. The Hall–Kier alpha value is -0.900. The number of hydrogen-bond donors (Lipinski definition) is 2. The highest BCUT2D eigenvalue weighted by Gasteiger charge is 2.30. The Kier molecular flexibility index (Phi) is 8.30. The molecule has 0 fully saturated rings. The molecule has 126 valence electrons. The Morgan fingerprint density at radius 3 is 2.23 bits per heavy atom. The largest absolute Gasteiger partial charge is 0.355 e. The first-order valence-corrected chi connectivity index (χ1v) is 8.43. The smallest absolute Gasteiger partial charge is 0.191 e. The summed E-state index contributed by atoms with van der Waals surface area (Å²) < 4.78 is 35.2. The fourth-order valence-electron chi connectivity index (χ4n) is 1.44. The molecule has 1 aromatic carbocycles. The van der Waals surface area contributed by atoms with E-state index in [4.69, 9.17) is 0 Å². The number of rotatable bonds is 5. The van der Waals surface area contributed by atoms with Crippen LogP contribution in [0.5, 0.6) is 0 Å². The van der Waals surface area contributed by atoms with E-state index < -0.39 is 14.6 Å². The molecule has 0 aliphatic heterocycles. The first-order valence-electron chi connectivity index (χ1n) is 6.54. The van der Waals surface area contributed by atoms with E-state index >= 15 is 0 Å². The molecule has 0 bridgehead atoms. The highest BCUT2D eigenvalue weighted by molar-refractivity contribution is 14.0. The van der Waals surface area contributed by atoms with Crippen molar-refractivity contribution in [3.63, 3.8) is 0 Å². The molecule has 2 N–H and O–H groups in total. The average molecular weight is 443 g/mol. The van der Waals surface area contributed by atoms with Gasteiger partial charge in [-0.2, -0.15) is 0 Å². The zero-order chi connectivity index (χ0) is 16.1. The van der Waals surface area contributed by atoms with E-state index in [0.29, 0.717) is 12.5 Å². The van der Waals surface area contributed by atoms with Crippen LogP contribution in [0, 0.1) is 5.82 Å². The summed E-state index contributed by atoms with van der Waals surface area (Å²) in [5.41, 5.74) is 0.904. The van der Waals surface area contributed by atoms with Crippen molar-refractivity contribution in [2.75, 3.05) is 19.8 Å². The summed E-state index contributed by atoms with van der Waals surface area (Å²) in [5, 5.41) is 6.03. The second-order valence-electron chi connectivity index (χ2n) is 5.44. The van der Waals surface area contributed by atoms with Crippen molar-refractivity contribution in [2.45, 2.75) is 25.1 Å². The van der Waals surface area contributed by atoms with Crippen LogP contribution < -0.4 is 10.6 Å². The van der Waals surface area contributed by atoms with Gasteiger partial charge in [-0.15, -0.1) is 24.0 Å². The Bertz CT molecular complexity index is 601. The maximum Gasteiger partial charge on any atom is 0.191 e. The van der Waals surface area contributed by atoms with Crippen molar-refractivity contribution in [3.05, 3.63) is 35.6 Å². The minimum atomic E-state index is -3.17. The quantitative estimate of drug-likeness (QED) is 0.415. The molecule has 0 unspecified atom stereocenters. The molecule has 0 aromatic heterocycles. The summed E-state index contributed by atoms with van der Waals surface area (Å²) in [7, 11) is -1.56. The Morgan fingerprint density at radius 2 is 1.77 bits per heavy atom. The molecule has 0 radical (unpaired) electrons. The minimum Gasteiger partial charge on any atom is -0.355 e. The van der Waals surface area contributed by atoms with E-state index in [-0.39, 0.29) is 36.3 Å². The average Bonchev–Trinajstić information content (AvgIpc) is 2.39. The Labute approximate surface area is 148 Å². The summed E-state index contributed by atoms with van der Waals surface area (Å²) in [6.45, 7) is 4.03. The van der Waals surface area contributed by atoms with Crippen LogP contribution in [0.25, 0.3) is 0 Å². The van der Waals surface area contributed by atoms with Gasteiger partial charge in [0.1, 0.15) is 5.82 Å². The van der Waals surface area contributed by atoms with Crippen LogP contribution in [0.4, 0.5) is 4.39 Å². The third-order valence-corrected chi connectivity index (χ3v) is 5.43. The maximum atomic E-state index is 12.8. The predicted octanol–water partition coefficient (Wildman–Crippen LogP) is 1.93. The van der Waals surface area contributed by atoms with Gasteiger partial charge in [0.15, 0.2) is 15.8 Å². The number of nitrogens with one attached hydrogen (secondary N) is 2. The van der Waals surface area contributed by atoms with Crippen molar-refractivity contribution in [2.24, 2.45) is 4.99 Å². The van der Waals surface area contributed by atoms with E-state index in [1.807, 2.05) is 0 Å². The first kappa shape index (κ1) is 21.1. The van der Waals surface area contributed by atoms with Crippen molar-refractivity contribution in [1.29, 1.82) is 0 Å². The van der Waals surface area contributed by atoms with Gasteiger partial charge < -0.3 is 10.6 Å². The molecule has 0 amide bonds. The van der Waals surface area contributed by atoms with E-state index in [2.05, 4.69) is 15.6 Å². The molecule has 1 rings (SSSR count). The normalized spacial score (nSPS) is 12.5. The number of sulfone groups is 1. The SMILES string of the molecule is CN=C(NCc1ccc(F)cc1)NCC(C)(C)S(C)(=O)=O.I. The van der Waals surface area contributed by atoms with Crippen molar-refractivity contribution < 1.29 is 12.8 Å². The van der Waals surface area contributed by atoms with Crippen LogP contribution in [-0.2, 0) is 16.4 Å². The van der Waals surface area contributed by atoms with Gasteiger partial charge in [0.25, 0.3) is 0 Å². The zero-order valence-corrected chi connectivity index (χ0v) is 16.3. The van der Waals surface area contributed by atoms with Crippen LogP contribution in [0.1, 0.15) is 19.4 Å². The molecule has 0 aliphatic rings. The topological polar surface area (TPSA) is 70.6 Å². The van der Waals surface area contributed by atoms with Crippen molar-refractivity contribution in [1.82, 2.24) is 10.6 Å². The lowest BCUT2D eigenvalue weighted by molar-refractivity contribution is 0.544. The van der Waals surface area contributed by atoms with Gasteiger partial charge >= 0.3 is 0 Å². The summed E-state index contributed by atoms with van der Waals surface area (Å²) >= 11 is 0. The number of halogens is 2. The summed E-state index contributed by atoms with van der Waals surface area (Å²) in [5.74, 6) is 0.215. The van der Waals surface area contributed by atoms with E-state index in [1.165, 1.54) is 18.4 Å². The van der Waals surface area contributed by atoms with E-state index in [9.17, 15) is 12.8 Å². The van der Waals surface area contributed by atoms with Crippen LogP contribution in [-0.4, -0.2) is 39.0 Å². The second kappa shape index (κ2) is 8.66. The molecular formula is C14H23FIN3O2S. The lowest BCUT2D eigenvalue weighted by Crippen LogP contribution is -2.47. The molecule has 5 nitrogen and oxygen atoms in total. The van der Waals surface area contributed by atoms with Gasteiger partial charge in [-0.05, 0) is 31.5 Å². The molecule has 0 heterocycles. The lowest BCUT2D eigenvalue weighted by Gasteiger charge is -2.24. The summed E-state index contributed by atoms with van der Waals surface area (Å²) in [6, 6.07) is 6.13. The molecule has 0 aliphatic carbocycles. The van der Waals surface area contributed by atoms with Crippen LogP contribution in [0.15, 0.2) is 29.3 Å². The molecule has 0 atom stereocenters. The van der Waals surface area contributed by atoms with Gasteiger partial charge in [-0.3, -0.25) is 4.99 Å². The maximum absolute atomic E-state index is 12.8. The van der Waals surface area contributed by atoms with Crippen molar-refractivity contribution >= 4 is 39.8 Å². The van der Waals surface area contributed by atoms with Gasteiger partial charge in [0.05, 0.1) is 4.75 Å². The number of hydrogen-bond acceptors (Lipinski definition) is 3. The number of aliphatic imine (C=N–C) groups is 1. The number of guanidine groups is 1. The molecule has 0 saturated heterocycles. The fraction of sp³-hybridized carbons (Fsp3) is 0.500. The molecule has 0 spiro atoms. The van der Waals surface area contributed by atoms with Crippen molar-refractivity contribution in [3.8, 4) is 0 Å². The molecule has 22 heavy (non-hydrogen) atoms. The molecular weight excluding hydrogens is 420 g/mol. The third-order valence-electron chi connectivity index (χ3n) is 3.28. The second-order valence-corrected chi connectivity index (χ2v) is 8.09. The minimum absolute atomic E-state index is 0.